The zero-order chi connectivity index (χ0) is 15.2. The van der Waals surface area contributed by atoms with Crippen LogP contribution in [-0.2, 0) is 4.74 Å². The van der Waals surface area contributed by atoms with Gasteiger partial charge in [-0.05, 0) is 42.5 Å². The average molecular weight is 349 g/mol. The van der Waals surface area contributed by atoms with E-state index in [9.17, 15) is 9.59 Å². The van der Waals surface area contributed by atoms with E-state index in [1.807, 2.05) is 12.1 Å². The molecule has 0 atom stereocenters. The summed E-state index contributed by atoms with van der Waals surface area (Å²) in [6.45, 7) is 0. The van der Waals surface area contributed by atoms with Crippen LogP contribution in [0.4, 0.5) is 16.2 Å². The third kappa shape index (κ3) is 4.32. The Morgan fingerprint density at radius 2 is 1.67 bits per heavy atom. The Morgan fingerprint density at radius 1 is 1.00 bits per heavy atom. The predicted octanol–water partition coefficient (Wildman–Crippen LogP) is 3.88. The lowest BCUT2D eigenvalue weighted by atomic mass is 10.2. The van der Waals surface area contributed by atoms with Crippen molar-refractivity contribution in [2.24, 2.45) is 0 Å². The summed E-state index contributed by atoms with van der Waals surface area (Å²) in [5, 5.41) is 5.35. The molecule has 0 radical (unpaired) electrons. The highest BCUT2D eigenvalue weighted by Crippen LogP contribution is 2.15. The monoisotopic (exact) mass is 348 g/mol. The van der Waals surface area contributed by atoms with Gasteiger partial charge in [0.25, 0.3) is 0 Å². The van der Waals surface area contributed by atoms with Gasteiger partial charge < -0.3 is 15.4 Å². The molecule has 0 heterocycles. The van der Waals surface area contributed by atoms with Gasteiger partial charge in [0.2, 0.25) is 0 Å². The van der Waals surface area contributed by atoms with Crippen molar-refractivity contribution in [2.75, 3.05) is 17.7 Å². The zero-order valence-corrected chi connectivity index (χ0v) is 12.8. The molecule has 0 fully saturated rings. The summed E-state index contributed by atoms with van der Waals surface area (Å²) in [6, 6.07) is 13.3. The van der Waals surface area contributed by atoms with Crippen molar-refractivity contribution in [3.8, 4) is 0 Å². The quantitative estimate of drug-likeness (QED) is 0.827. The molecule has 0 aliphatic rings. The second kappa shape index (κ2) is 6.90. The van der Waals surface area contributed by atoms with Crippen LogP contribution in [0.3, 0.4) is 0 Å². The van der Waals surface area contributed by atoms with Crippen molar-refractivity contribution in [1.29, 1.82) is 0 Å². The molecular weight excluding hydrogens is 336 g/mol. The Morgan fingerprint density at radius 3 is 2.33 bits per heavy atom. The Kier molecular flexibility index (Phi) is 4.94. The lowest BCUT2D eigenvalue weighted by Crippen LogP contribution is -2.19. The van der Waals surface area contributed by atoms with Gasteiger partial charge in [-0.2, -0.15) is 0 Å². The molecule has 0 saturated heterocycles. The number of esters is 1. The molecule has 108 valence electrons. The van der Waals surface area contributed by atoms with Crippen LogP contribution < -0.4 is 10.6 Å². The van der Waals surface area contributed by atoms with Crippen LogP contribution in [0.1, 0.15) is 10.4 Å². The van der Waals surface area contributed by atoms with Gasteiger partial charge in [-0.1, -0.05) is 22.0 Å². The number of ether oxygens (including phenoxy) is 1. The minimum Gasteiger partial charge on any atom is -0.465 e. The summed E-state index contributed by atoms with van der Waals surface area (Å²) in [4.78, 5) is 23.3. The van der Waals surface area contributed by atoms with Crippen LogP contribution in [0.5, 0.6) is 0 Å². The third-order valence-corrected chi connectivity index (χ3v) is 3.17. The molecule has 0 spiro atoms. The van der Waals surface area contributed by atoms with Crippen molar-refractivity contribution in [2.45, 2.75) is 0 Å². The molecule has 0 unspecified atom stereocenters. The van der Waals surface area contributed by atoms with Crippen LogP contribution in [0.25, 0.3) is 0 Å². The van der Waals surface area contributed by atoms with Crippen molar-refractivity contribution in [3.63, 3.8) is 0 Å². The van der Waals surface area contributed by atoms with Gasteiger partial charge in [-0.25, -0.2) is 9.59 Å². The first-order valence-corrected chi connectivity index (χ1v) is 6.90. The number of nitrogens with one attached hydrogen (secondary N) is 2. The van der Waals surface area contributed by atoms with E-state index in [-0.39, 0.29) is 6.03 Å². The number of halogens is 1. The van der Waals surface area contributed by atoms with E-state index >= 15 is 0 Å². The second-order valence-electron chi connectivity index (χ2n) is 4.16. The lowest BCUT2D eigenvalue weighted by Gasteiger charge is -2.08. The number of methoxy groups -OCH3 is 1. The van der Waals surface area contributed by atoms with Gasteiger partial charge in [0, 0.05) is 15.8 Å². The van der Waals surface area contributed by atoms with Crippen molar-refractivity contribution < 1.29 is 14.3 Å². The molecule has 0 aromatic heterocycles. The standard InChI is InChI=1S/C15H13BrN2O3/c1-21-14(19)10-3-2-4-13(9-10)18-15(20)17-12-7-5-11(16)6-8-12/h2-9H,1H3,(H2,17,18,20). The summed E-state index contributed by atoms with van der Waals surface area (Å²) in [7, 11) is 1.31. The van der Waals surface area contributed by atoms with Crippen molar-refractivity contribution in [1.82, 2.24) is 0 Å². The van der Waals surface area contributed by atoms with E-state index in [2.05, 4.69) is 31.3 Å². The van der Waals surface area contributed by atoms with E-state index in [4.69, 9.17) is 0 Å². The number of hydrogen-bond donors (Lipinski definition) is 2. The van der Waals surface area contributed by atoms with Crippen LogP contribution in [0.15, 0.2) is 53.0 Å². The summed E-state index contributed by atoms with van der Waals surface area (Å²) >= 11 is 3.32. The molecule has 0 aliphatic carbocycles. The normalized spacial score (nSPS) is 9.81. The molecule has 2 amide bonds. The highest BCUT2D eigenvalue weighted by molar-refractivity contribution is 9.10. The van der Waals surface area contributed by atoms with E-state index < -0.39 is 5.97 Å². The van der Waals surface area contributed by atoms with Crippen molar-refractivity contribution >= 4 is 39.3 Å². The van der Waals surface area contributed by atoms with Gasteiger partial charge in [0.05, 0.1) is 12.7 Å². The molecular formula is C15H13BrN2O3. The van der Waals surface area contributed by atoms with Crippen LogP contribution in [0.2, 0.25) is 0 Å². The molecule has 2 N–H and O–H groups in total. The Hall–Kier alpha value is -2.34. The fraction of sp³-hybridized carbons (Fsp3) is 0.0667. The predicted molar refractivity (Wildman–Crippen MR) is 84.6 cm³/mol. The molecule has 21 heavy (non-hydrogen) atoms. The number of carbonyl (C=O) groups excluding carboxylic acids is 2. The van der Waals surface area contributed by atoms with Crippen LogP contribution >= 0.6 is 15.9 Å². The van der Waals surface area contributed by atoms with Crippen LogP contribution in [0, 0.1) is 0 Å². The fourth-order valence-corrected chi connectivity index (χ4v) is 1.93. The maximum absolute atomic E-state index is 11.9. The molecule has 2 rings (SSSR count). The van der Waals surface area contributed by atoms with E-state index in [0.717, 1.165) is 4.47 Å². The molecule has 6 heteroatoms. The highest BCUT2D eigenvalue weighted by atomic mass is 79.9. The molecule has 0 bridgehead atoms. The van der Waals surface area contributed by atoms with Gasteiger partial charge in [-0.3, -0.25) is 0 Å². The van der Waals surface area contributed by atoms with E-state index in [1.165, 1.54) is 7.11 Å². The maximum Gasteiger partial charge on any atom is 0.337 e. The smallest absolute Gasteiger partial charge is 0.337 e. The van der Waals surface area contributed by atoms with E-state index in [0.29, 0.717) is 16.9 Å². The number of hydrogen-bond acceptors (Lipinski definition) is 3. The summed E-state index contributed by atoms with van der Waals surface area (Å²) in [5.41, 5.74) is 1.55. The van der Waals surface area contributed by atoms with Gasteiger partial charge >= 0.3 is 12.0 Å². The minimum atomic E-state index is -0.452. The molecule has 5 nitrogen and oxygen atoms in total. The topological polar surface area (TPSA) is 67.4 Å². The first kappa shape index (κ1) is 15.1. The SMILES string of the molecule is COC(=O)c1cccc(NC(=O)Nc2ccc(Br)cc2)c1. The largest absolute Gasteiger partial charge is 0.465 e. The number of benzene rings is 2. The highest BCUT2D eigenvalue weighted by Gasteiger charge is 2.07. The first-order valence-electron chi connectivity index (χ1n) is 6.10. The van der Waals surface area contributed by atoms with Crippen LogP contribution in [-0.4, -0.2) is 19.1 Å². The molecule has 2 aromatic rings. The second-order valence-corrected chi connectivity index (χ2v) is 5.07. The van der Waals surface area contributed by atoms with Gasteiger partial charge in [0.15, 0.2) is 0 Å². The average Bonchev–Trinajstić information content (AvgIpc) is 2.49. The number of amides is 2. The Labute approximate surface area is 130 Å². The number of anilines is 2. The summed E-state index contributed by atoms with van der Waals surface area (Å²) in [6.07, 6.45) is 0. The maximum atomic E-state index is 11.9. The summed E-state index contributed by atoms with van der Waals surface area (Å²) < 4.78 is 5.56. The molecule has 0 aliphatic heterocycles. The fourth-order valence-electron chi connectivity index (χ4n) is 1.67. The number of urea groups is 1. The molecule has 2 aromatic carbocycles. The third-order valence-electron chi connectivity index (χ3n) is 2.64. The first-order chi connectivity index (χ1) is 10.1. The Bertz CT molecular complexity index is 656. The minimum absolute atomic E-state index is 0.374. The van der Waals surface area contributed by atoms with E-state index in [1.54, 1.807) is 36.4 Å². The number of carbonyl (C=O) groups is 2. The summed E-state index contributed by atoms with van der Waals surface area (Å²) in [5.74, 6) is -0.452. The lowest BCUT2D eigenvalue weighted by molar-refractivity contribution is 0.0600. The molecule has 0 saturated carbocycles. The zero-order valence-electron chi connectivity index (χ0n) is 11.2. The van der Waals surface area contributed by atoms with Gasteiger partial charge in [0.1, 0.15) is 0 Å². The number of rotatable bonds is 3. The Balaban J connectivity index is 2.02. The van der Waals surface area contributed by atoms with Gasteiger partial charge in [-0.15, -0.1) is 0 Å². The van der Waals surface area contributed by atoms with Crippen molar-refractivity contribution in [3.05, 3.63) is 58.6 Å².